The number of carbonyl (C=O) groups excluding carboxylic acids is 1. The lowest BCUT2D eigenvalue weighted by Gasteiger charge is -2.39. The lowest BCUT2D eigenvalue weighted by Crippen LogP contribution is -2.43. The van der Waals surface area contributed by atoms with E-state index in [1.54, 1.807) is 0 Å². The molecule has 0 aromatic rings. The van der Waals surface area contributed by atoms with Gasteiger partial charge >= 0.3 is 0 Å². The number of thioether (sulfide) groups is 1. The largest absolute Gasteiger partial charge is 0.374 e. The molecule has 21 heavy (non-hydrogen) atoms. The molecule has 0 aromatic heterocycles. The van der Waals surface area contributed by atoms with E-state index in [2.05, 4.69) is 6.92 Å². The molecule has 3 heteroatoms. The molecule has 2 atom stereocenters. The van der Waals surface area contributed by atoms with Gasteiger partial charge in [0.2, 0.25) is 0 Å². The van der Waals surface area contributed by atoms with Crippen molar-refractivity contribution in [1.82, 2.24) is 0 Å². The van der Waals surface area contributed by atoms with E-state index >= 15 is 0 Å². The Hall–Kier alpha value is -0.0200. The first-order chi connectivity index (χ1) is 10.2. The molecular formula is C18H30O2S. The van der Waals surface area contributed by atoms with Crippen LogP contribution >= 0.6 is 11.8 Å². The number of carbonyl (C=O) groups is 1. The number of hydrogen-bond donors (Lipinski definition) is 0. The van der Waals surface area contributed by atoms with Crippen LogP contribution in [0.2, 0.25) is 0 Å². The third-order valence-electron chi connectivity index (χ3n) is 5.91. The van der Waals surface area contributed by atoms with Crippen LogP contribution in [0, 0.1) is 17.8 Å². The summed E-state index contributed by atoms with van der Waals surface area (Å²) in [5.41, 5.74) is 0.0582. The van der Waals surface area contributed by atoms with Crippen LogP contribution in [-0.2, 0) is 9.53 Å². The topological polar surface area (TPSA) is 26.3 Å². The van der Waals surface area contributed by atoms with Crippen molar-refractivity contribution in [3.05, 3.63) is 0 Å². The van der Waals surface area contributed by atoms with Crippen LogP contribution in [0.4, 0.5) is 0 Å². The molecule has 3 rings (SSSR count). The summed E-state index contributed by atoms with van der Waals surface area (Å²) in [5, 5.41) is 0. The van der Waals surface area contributed by atoms with Crippen LogP contribution in [0.5, 0.6) is 0 Å². The summed E-state index contributed by atoms with van der Waals surface area (Å²) in [7, 11) is 0. The normalized spacial score (nSPS) is 40.5. The quantitative estimate of drug-likeness (QED) is 0.766. The van der Waals surface area contributed by atoms with Gasteiger partial charge in [0.25, 0.3) is 0 Å². The molecular weight excluding hydrogens is 280 g/mol. The molecule has 0 radical (unpaired) electrons. The second kappa shape index (κ2) is 7.04. The molecule has 1 saturated carbocycles. The van der Waals surface area contributed by atoms with Crippen molar-refractivity contribution in [2.75, 3.05) is 18.1 Å². The van der Waals surface area contributed by atoms with E-state index in [-0.39, 0.29) is 5.60 Å². The average Bonchev–Trinajstić information content (AvgIpc) is 2.95. The highest BCUT2D eigenvalue weighted by Gasteiger charge is 2.43. The molecule has 3 aliphatic rings. The van der Waals surface area contributed by atoms with Crippen LogP contribution in [0.3, 0.4) is 0 Å². The predicted octanol–water partition coefficient (Wildman–Crippen LogP) is 4.46. The molecule has 2 heterocycles. The van der Waals surface area contributed by atoms with Crippen LogP contribution in [0.1, 0.15) is 64.7 Å². The molecule has 2 unspecified atom stereocenters. The first-order valence-corrected chi connectivity index (χ1v) is 10.1. The summed E-state index contributed by atoms with van der Waals surface area (Å²) in [5.74, 6) is 4.47. The second-order valence-electron chi connectivity index (χ2n) is 7.43. The minimum atomic E-state index is 0.0582. The van der Waals surface area contributed by atoms with Crippen molar-refractivity contribution in [2.24, 2.45) is 17.8 Å². The Balaban J connectivity index is 1.53. The third kappa shape index (κ3) is 3.67. The van der Waals surface area contributed by atoms with Crippen molar-refractivity contribution in [3.63, 3.8) is 0 Å². The van der Waals surface area contributed by atoms with E-state index in [4.69, 9.17) is 4.74 Å². The summed E-state index contributed by atoms with van der Waals surface area (Å²) in [6.07, 6.45) is 10.7. The maximum Gasteiger partial charge on any atom is 0.139 e. The molecule has 1 spiro atoms. The van der Waals surface area contributed by atoms with E-state index in [0.717, 1.165) is 50.4 Å². The van der Waals surface area contributed by atoms with Crippen LogP contribution < -0.4 is 0 Å². The van der Waals surface area contributed by atoms with Gasteiger partial charge in [0, 0.05) is 24.2 Å². The zero-order chi connectivity index (χ0) is 14.7. The Morgan fingerprint density at radius 2 is 2.00 bits per heavy atom. The lowest BCUT2D eigenvalue weighted by atomic mass is 9.73. The van der Waals surface area contributed by atoms with Gasteiger partial charge in [-0.2, -0.15) is 11.8 Å². The van der Waals surface area contributed by atoms with Gasteiger partial charge in [-0.05, 0) is 56.6 Å². The predicted molar refractivity (Wildman–Crippen MR) is 88.7 cm³/mol. The van der Waals surface area contributed by atoms with E-state index in [9.17, 15) is 4.79 Å². The highest BCUT2D eigenvalue weighted by Crippen LogP contribution is 2.42. The number of rotatable bonds is 4. The first kappa shape index (κ1) is 15.9. The molecule has 2 aliphatic heterocycles. The summed E-state index contributed by atoms with van der Waals surface area (Å²) in [6, 6.07) is 0. The fourth-order valence-electron chi connectivity index (χ4n) is 4.61. The summed E-state index contributed by atoms with van der Waals surface area (Å²) in [4.78, 5) is 12.9. The molecule has 0 bridgehead atoms. The van der Waals surface area contributed by atoms with Crippen LogP contribution in [0.15, 0.2) is 0 Å². The minimum absolute atomic E-state index is 0.0582. The molecule has 0 N–H and O–H groups in total. The summed E-state index contributed by atoms with van der Waals surface area (Å²) < 4.78 is 6.07. The van der Waals surface area contributed by atoms with Gasteiger partial charge in [0.15, 0.2) is 0 Å². The van der Waals surface area contributed by atoms with Gasteiger partial charge in [0.1, 0.15) is 5.78 Å². The van der Waals surface area contributed by atoms with E-state index in [1.165, 1.54) is 31.4 Å². The number of ether oxygens (including phenoxy) is 1. The SMILES string of the molecule is CCCC1CCC(C(=O)C2CCOC3(CCSC3)C2)CC1. The molecule has 2 nitrogen and oxygen atoms in total. The van der Waals surface area contributed by atoms with Crippen molar-refractivity contribution in [2.45, 2.75) is 70.3 Å². The number of ketones is 1. The number of hydrogen-bond acceptors (Lipinski definition) is 3. The molecule has 3 fully saturated rings. The zero-order valence-electron chi connectivity index (χ0n) is 13.4. The highest BCUT2D eigenvalue weighted by atomic mass is 32.2. The zero-order valence-corrected chi connectivity index (χ0v) is 14.3. The monoisotopic (exact) mass is 310 g/mol. The Morgan fingerprint density at radius 3 is 2.67 bits per heavy atom. The number of Topliss-reactive ketones (excluding diaryl/α,β-unsaturated/α-hetero) is 1. The van der Waals surface area contributed by atoms with Gasteiger partial charge in [0.05, 0.1) is 5.60 Å². The summed E-state index contributed by atoms with van der Waals surface area (Å²) in [6.45, 7) is 3.08. The summed E-state index contributed by atoms with van der Waals surface area (Å²) >= 11 is 2.00. The van der Waals surface area contributed by atoms with Gasteiger partial charge in [-0.25, -0.2) is 0 Å². The van der Waals surface area contributed by atoms with Crippen LogP contribution in [-0.4, -0.2) is 29.5 Å². The van der Waals surface area contributed by atoms with Crippen molar-refractivity contribution in [1.29, 1.82) is 0 Å². The molecule has 1 aliphatic carbocycles. The van der Waals surface area contributed by atoms with E-state index in [0.29, 0.717) is 17.6 Å². The Bertz CT molecular complexity index is 354. The second-order valence-corrected chi connectivity index (χ2v) is 8.54. The molecule has 120 valence electrons. The average molecular weight is 311 g/mol. The standard InChI is InChI=1S/C18H30O2S/c1-2-3-14-4-6-15(7-5-14)17(19)16-8-10-20-18(12-16)9-11-21-13-18/h14-16H,2-13H2,1H3. The van der Waals surface area contributed by atoms with Gasteiger partial charge in [-0.15, -0.1) is 0 Å². The Morgan fingerprint density at radius 1 is 1.19 bits per heavy atom. The van der Waals surface area contributed by atoms with Crippen molar-refractivity contribution < 1.29 is 9.53 Å². The Labute approximate surface area is 133 Å². The smallest absolute Gasteiger partial charge is 0.139 e. The van der Waals surface area contributed by atoms with E-state index < -0.39 is 0 Å². The fourth-order valence-corrected chi connectivity index (χ4v) is 5.99. The third-order valence-corrected chi connectivity index (χ3v) is 7.13. The van der Waals surface area contributed by atoms with Crippen molar-refractivity contribution >= 4 is 17.5 Å². The molecule has 0 aromatic carbocycles. The lowest BCUT2D eigenvalue weighted by molar-refractivity contribution is -0.139. The molecule has 0 amide bonds. The first-order valence-electron chi connectivity index (χ1n) is 8.98. The van der Waals surface area contributed by atoms with Gasteiger partial charge < -0.3 is 4.74 Å². The van der Waals surface area contributed by atoms with E-state index in [1.807, 2.05) is 11.8 Å². The fraction of sp³-hybridized carbons (Fsp3) is 0.944. The maximum absolute atomic E-state index is 12.9. The molecule has 2 saturated heterocycles. The van der Waals surface area contributed by atoms with Crippen LogP contribution in [0.25, 0.3) is 0 Å². The highest BCUT2D eigenvalue weighted by molar-refractivity contribution is 7.99. The minimum Gasteiger partial charge on any atom is -0.374 e. The van der Waals surface area contributed by atoms with Gasteiger partial charge in [-0.1, -0.05) is 19.8 Å². The van der Waals surface area contributed by atoms with Crippen molar-refractivity contribution in [3.8, 4) is 0 Å². The maximum atomic E-state index is 12.9. The Kier molecular flexibility index (Phi) is 5.32. The van der Waals surface area contributed by atoms with Gasteiger partial charge in [-0.3, -0.25) is 4.79 Å².